The van der Waals surface area contributed by atoms with Crippen LogP contribution in [0, 0.1) is 0 Å². The molecule has 13 heteroatoms. The van der Waals surface area contributed by atoms with Crippen LogP contribution in [-0.4, -0.2) is 100 Å². The molecule has 0 saturated carbocycles. The van der Waals surface area contributed by atoms with E-state index in [4.69, 9.17) is 9.47 Å². The van der Waals surface area contributed by atoms with E-state index in [-0.39, 0.29) is 11.6 Å². The molecule has 1 aliphatic rings. The van der Waals surface area contributed by atoms with E-state index in [0.717, 1.165) is 11.3 Å². The molecule has 0 bridgehead atoms. The first-order chi connectivity index (χ1) is 13.7. The predicted molar refractivity (Wildman–Crippen MR) is 104 cm³/mol. The van der Waals surface area contributed by atoms with Gasteiger partial charge < -0.3 is 29.5 Å². The minimum atomic E-state index is -1.33. The second-order valence-electron chi connectivity index (χ2n) is 6.79. The first-order valence-electron chi connectivity index (χ1n) is 8.64. The van der Waals surface area contributed by atoms with Crippen molar-refractivity contribution in [2.24, 2.45) is 4.99 Å². The van der Waals surface area contributed by atoms with Crippen molar-refractivity contribution in [1.29, 1.82) is 0 Å². The highest BCUT2D eigenvalue weighted by Crippen LogP contribution is 2.34. The number of rotatable bonds is 5. The molecule has 0 unspecified atom stereocenters. The first kappa shape index (κ1) is 21.1. The molecule has 2 aromatic rings. The molecule has 12 nitrogen and oxygen atoms in total. The lowest BCUT2D eigenvalue weighted by Crippen LogP contribution is -2.40. The minimum absolute atomic E-state index is 0.122. The number of ether oxygens (including phenoxy) is 2. The molecule has 2 N–H and O–H groups in total. The molecule has 0 spiro atoms. The summed E-state index contributed by atoms with van der Waals surface area (Å²) in [5, 5.41) is 19.9. The summed E-state index contributed by atoms with van der Waals surface area (Å²) in [7, 11) is 6.54. The van der Waals surface area contributed by atoms with Crippen LogP contribution in [-0.2, 0) is 9.47 Å². The van der Waals surface area contributed by atoms with Gasteiger partial charge in [0, 0.05) is 28.2 Å². The molecule has 1 fully saturated rings. The fourth-order valence-corrected chi connectivity index (χ4v) is 3.52. The van der Waals surface area contributed by atoms with Gasteiger partial charge in [0.25, 0.3) is 5.95 Å². The molecule has 1 amide bonds. The normalized spacial score (nSPS) is 24.3. The molecule has 4 atom stereocenters. The quantitative estimate of drug-likeness (QED) is 0.473. The Kier molecular flexibility index (Phi) is 6.12. The number of hydrogen-bond acceptors (Lipinski definition) is 10. The van der Waals surface area contributed by atoms with Crippen LogP contribution in [0.1, 0.15) is 6.23 Å². The lowest BCUT2D eigenvalue weighted by molar-refractivity contribution is -0.0557. The van der Waals surface area contributed by atoms with Crippen molar-refractivity contribution in [2.45, 2.75) is 24.5 Å². The van der Waals surface area contributed by atoms with Crippen molar-refractivity contribution >= 4 is 40.1 Å². The SMILES string of the molecule is CN(C)/C=N\c1ncc2sc(=O)n([C@@H]3O[C@H](CO)[C@H](O)[C@H]3OC(=O)N(C)C)c2n1. The second-order valence-corrected chi connectivity index (χ2v) is 7.78. The number of fused-ring (bicyclic) bond motifs is 1. The zero-order chi connectivity index (χ0) is 21.3. The van der Waals surface area contributed by atoms with E-state index in [9.17, 15) is 19.8 Å². The van der Waals surface area contributed by atoms with E-state index in [2.05, 4.69) is 15.0 Å². The van der Waals surface area contributed by atoms with Crippen LogP contribution in [0.15, 0.2) is 16.0 Å². The van der Waals surface area contributed by atoms with Crippen molar-refractivity contribution in [3.8, 4) is 0 Å². The van der Waals surface area contributed by atoms with Crippen LogP contribution < -0.4 is 4.87 Å². The summed E-state index contributed by atoms with van der Waals surface area (Å²) >= 11 is 0.881. The van der Waals surface area contributed by atoms with Crippen LogP contribution in [0.5, 0.6) is 0 Å². The van der Waals surface area contributed by atoms with Crippen molar-refractivity contribution < 1.29 is 24.5 Å². The van der Waals surface area contributed by atoms with Crippen molar-refractivity contribution in [3.05, 3.63) is 15.9 Å². The highest BCUT2D eigenvalue weighted by molar-refractivity contribution is 7.16. The standard InChI is InChI=1S/C16H22N6O6S/c1-20(2)7-18-14-17-5-9-12(19-14)22(16(26)29-9)13-11(28-15(25)21(3)4)10(24)8(6-23)27-13/h5,7-8,10-11,13,23-24H,6H2,1-4H3/b18-7-/t8-,10+,11-,13-/m1/s1. The lowest BCUT2D eigenvalue weighted by atomic mass is 10.1. The third-order valence-electron chi connectivity index (χ3n) is 4.10. The Balaban J connectivity index is 2.06. The molecule has 158 valence electrons. The van der Waals surface area contributed by atoms with Crippen LogP contribution >= 0.6 is 11.3 Å². The van der Waals surface area contributed by atoms with E-state index in [0.29, 0.717) is 4.70 Å². The molecule has 3 heterocycles. The van der Waals surface area contributed by atoms with Gasteiger partial charge in [0.2, 0.25) is 0 Å². The molecule has 0 aliphatic carbocycles. The first-order valence-corrected chi connectivity index (χ1v) is 9.45. The smallest absolute Gasteiger partial charge is 0.409 e. The van der Waals surface area contributed by atoms with Gasteiger partial charge in [-0.15, -0.1) is 0 Å². The fourth-order valence-electron chi connectivity index (χ4n) is 2.71. The summed E-state index contributed by atoms with van der Waals surface area (Å²) in [6.07, 6.45) is -2.51. The zero-order valence-electron chi connectivity index (χ0n) is 16.3. The molecule has 29 heavy (non-hydrogen) atoms. The Bertz CT molecular complexity index is 972. The second kappa shape index (κ2) is 8.41. The maximum Gasteiger partial charge on any atom is 0.409 e. The zero-order valence-corrected chi connectivity index (χ0v) is 17.1. The summed E-state index contributed by atoms with van der Waals surface area (Å²) in [5.74, 6) is 0.122. The van der Waals surface area contributed by atoms with Crippen molar-refractivity contribution in [1.82, 2.24) is 24.3 Å². The average Bonchev–Trinajstić information content (AvgIpc) is 3.15. The molecule has 0 aromatic carbocycles. The summed E-state index contributed by atoms with van der Waals surface area (Å²) in [4.78, 5) is 39.7. The number of aromatic nitrogens is 3. The summed E-state index contributed by atoms with van der Waals surface area (Å²) in [6.45, 7) is -0.516. The molecule has 1 saturated heterocycles. The number of aliphatic hydroxyl groups excluding tert-OH is 2. The van der Waals surface area contributed by atoms with Gasteiger partial charge in [-0.2, -0.15) is 4.98 Å². The van der Waals surface area contributed by atoms with Crippen LogP contribution in [0.3, 0.4) is 0 Å². The highest BCUT2D eigenvalue weighted by atomic mass is 32.1. The molecule has 0 radical (unpaired) electrons. The van der Waals surface area contributed by atoms with Crippen LogP contribution in [0.25, 0.3) is 10.3 Å². The Morgan fingerprint density at radius 3 is 2.79 bits per heavy atom. The van der Waals surface area contributed by atoms with E-state index < -0.39 is 42.1 Å². The topological polar surface area (TPSA) is 143 Å². The van der Waals surface area contributed by atoms with E-state index in [1.165, 1.54) is 36.1 Å². The van der Waals surface area contributed by atoms with Gasteiger partial charge in [-0.1, -0.05) is 11.3 Å². The Morgan fingerprint density at radius 2 is 2.17 bits per heavy atom. The fraction of sp³-hybridized carbons (Fsp3) is 0.562. The number of amides is 1. The Morgan fingerprint density at radius 1 is 1.45 bits per heavy atom. The molecular weight excluding hydrogens is 404 g/mol. The number of nitrogens with zero attached hydrogens (tertiary/aromatic N) is 6. The van der Waals surface area contributed by atoms with E-state index in [1.54, 1.807) is 19.0 Å². The summed E-state index contributed by atoms with van der Waals surface area (Å²) in [6, 6.07) is 0. The van der Waals surface area contributed by atoms with Crippen molar-refractivity contribution in [3.63, 3.8) is 0 Å². The van der Waals surface area contributed by atoms with Crippen LogP contribution in [0.4, 0.5) is 10.7 Å². The third-order valence-corrected chi connectivity index (χ3v) is 4.98. The highest BCUT2D eigenvalue weighted by Gasteiger charge is 2.48. The summed E-state index contributed by atoms with van der Waals surface area (Å²) < 4.78 is 12.6. The predicted octanol–water partition coefficient (Wildman–Crippen LogP) is -0.608. The van der Waals surface area contributed by atoms with Gasteiger partial charge >= 0.3 is 11.0 Å². The Labute approximate surface area is 169 Å². The number of thiazole rings is 1. The number of hydrogen-bond donors (Lipinski definition) is 2. The number of aliphatic hydroxyl groups is 2. The third kappa shape index (κ3) is 4.22. The number of aliphatic imine (C=N–C) groups is 1. The largest absolute Gasteiger partial charge is 0.438 e. The molecule has 3 rings (SSSR count). The van der Waals surface area contributed by atoms with Gasteiger partial charge in [-0.25, -0.2) is 14.8 Å². The van der Waals surface area contributed by atoms with Gasteiger partial charge in [0.05, 0.1) is 23.8 Å². The summed E-state index contributed by atoms with van der Waals surface area (Å²) in [5.41, 5.74) is 0.225. The maximum atomic E-state index is 12.7. The van der Waals surface area contributed by atoms with Gasteiger partial charge in [-0.3, -0.25) is 9.36 Å². The van der Waals surface area contributed by atoms with Gasteiger partial charge in [0.15, 0.2) is 18.0 Å². The molecular formula is C16H22N6O6S. The monoisotopic (exact) mass is 426 g/mol. The van der Waals surface area contributed by atoms with Crippen LogP contribution in [0.2, 0.25) is 0 Å². The minimum Gasteiger partial charge on any atom is -0.438 e. The maximum absolute atomic E-state index is 12.7. The molecule has 2 aromatic heterocycles. The lowest BCUT2D eigenvalue weighted by Gasteiger charge is -2.23. The van der Waals surface area contributed by atoms with E-state index >= 15 is 0 Å². The number of carbonyl (C=O) groups excluding carboxylic acids is 1. The number of carbonyl (C=O) groups is 1. The van der Waals surface area contributed by atoms with Gasteiger partial charge in [0.1, 0.15) is 12.2 Å². The van der Waals surface area contributed by atoms with E-state index in [1.807, 2.05) is 0 Å². The average molecular weight is 426 g/mol. The molecule has 1 aliphatic heterocycles. The van der Waals surface area contributed by atoms with Crippen molar-refractivity contribution in [2.75, 3.05) is 34.8 Å². The van der Waals surface area contributed by atoms with Gasteiger partial charge in [-0.05, 0) is 0 Å². The Hall–Kier alpha value is -2.61.